The van der Waals surface area contributed by atoms with Crippen molar-refractivity contribution in [1.29, 1.82) is 0 Å². The number of amides is 1. The summed E-state index contributed by atoms with van der Waals surface area (Å²) in [6, 6.07) is 8.38. The number of thioether (sulfide) groups is 1. The molecule has 3 aromatic rings. The van der Waals surface area contributed by atoms with Crippen LogP contribution in [0.25, 0.3) is 11.4 Å². The molecule has 2 heterocycles. The van der Waals surface area contributed by atoms with E-state index in [1.807, 2.05) is 6.92 Å². The summed E-state index contributed by atoms with van der Waals surface area (Å²) < 4.78 is 3.30. The SMILES string of the molecule is CCn1cccc(-c2nnc(SCC(=O)Nc3ccc(Cl)c(Cl)c3)n2C)c1=O. The number of nitrogens with zero attached hydrogens (tertiary/aromatic N) is 4. The molecule has 0 aliphatic carbocycles. The van der Waals surface area contributed by atoms with E-state index in [9.17, 15) is 9.59 Å². The minimum atomic E-state index is -0.221. The van der Waals surface area contributed by atoms with Crippen LogP contribution in [0.3, 0.4) is 0 Å². The number of rotatable bonds is 6. The van der Waals surface area contributed by atoms with Gasteiger partial charge in [0.1, 0.15) is 0 Å². The molecule has 0 radical (unpaired) electrons. The Morgan fingerprint density at radius 3 is 2.71 bits per heavy atom. The molecule has 1 amide bonds. The fourth-order valence-corrected chi connectivity index (χ4v) is 3.54. The Bertz CT molecular complexity index is 1080. The first kappa shape index (κ1) is 20.4. The summed E-state index contributed by atoms with van der Waals surface area (Å²) in [6.07, 6.45) is 1.73. The van der Waals surface area contributed by atoms with Gasteiger partial charge in [0.2, 0.25) is 5.91 Å². The van der Waals surface area contributed by atoms with Gasteiger partial charge in [-0.15, -0.1) is 10.2 Å². The van der Waals surface area contributed by atoms with Crippen LogP contribution in [-0.2, 0) is 18.4 Å². The maximum atomic E-state index is 12.5. The van der Waals surface area contributed by atoms with Crippen LogP contribution in [0, 0.1) is 0 Å². The fourth-order valence-electron chi connectivity index (χ4n) is 2.53. The van der Waals surface area contributed by atoms with Gasteiger partial charge in [-0.3, -0.25) is 9.59 Å². The first-order chi connectivity index (χ1) is 13.4. The summed E-state index contributed by atoms with van der Waals surface area (Å²) >= 11 is 13.0. The minimum Gasteiger partial charge on any atom is -0.325 e. The molecule has 146 valence electrons. The highest BCUT2D eigenvalue weighted by atomic mass is 35.5. The first-order valence-corrected chi connectivity index (χ1v) is 10.1. The van der Waals surface area contributed by atoms with Gasteiger partial charge in [-0.2, -0.15) is 0 Å². The van der Waals surface area contributed by atoms with E-state index < -0.39 is 0 Å². The lowest BCUT2D eigenvalue weighted by atomic mass is 10.2. The third-order valence-electron chi connectivity index (χ3n) is 3.97. The van der Waals surface area contributed by atoms with E-state index in [2.05, 4.69) is 15.5 Å². The lowest BCUT2D eigenvalue weighted by Crippen LogP contribution is -2.20. The Balaban J connectivity index is 1.70. The second-order valence-corrected chi connectivity index (χ2v) is 7.60. The van der Waals surface area contributed by atoms with E-state index in [0.717, 1.165) is 0 Å². The lowest BCUT2D eigenvalue weighted by Gasteiger charge is -2.07. The van der Waals surface area contributed by atoms with E-state index in [4.69, 9.17) is 23.2 Å². The Labute approximate surface area is 175 Å². The molecule has 28 heavy (non-hydrogen) atoms. The number of carbonyl (C=O) groups excluding carboxylic acids is 1. The van der Waals surface area contributed by atoms with Gasteiger partial charge in [-0.1, -0.05) is 35.0 Å². The van der Waals surface area contributed by atoms with Crippen LogP contribution in [0.1, 0.15) is 6.92 Å². The average molecular weight is 438 g/mol. The number of aryl methyl sites for hydroxylation is 1. The smallest absolute Gasteiger partial charge is 0.261 e. The van der Waals surface area contributed by atoms with E-state index in [-0.39, 0.29) is 17.2 Å². The topological polar surface area (TPSA) is 81.8 Å². The standard InChI is InChI=1S/C18H17Cl2N5O2S/c1-3-25-8-4-5-12(17(25)27)16-22-23-18(24(16)2)28-10-15(26)21-11-6-7-13(19)14(20)9-11/h4-9H,3,10H2,1-2H3,(H,21,26). The summed E-state index contributed by atoms with van der Waals surface area (Å²) in [5.41, 5.74) is 0.893. The van der Waals surface area contributed by atoms with Gasteiger partial charge >= 0.3 is 0 Å². The van der Waals surface area contributed by atoms with Crippen molar-refractivity contribution in [3.8, 4) is 11.4 Å². The molecule has 0 atom stereocenters. The number of carbonyl (C=O) groups is 1. The van der Waals surface area contributed by atoms with Gasteiger partial charge in [0.25, 0.3) is 5.56 Å². The van der Waals surface area contributed by atoms with Gasteiger partial charge in [-0.05, 0) is 37.3 Å². The molecule has 0 saturated heterocycles. The van der Waals surface area contributed by atoms with Gasteiger partial charge in [0.15, 0.2) is 11.0 Å². The predicted octanol–water partition coefficient (Wildman–Crippen LogP) is 3.70. The van der Waals surface area contributed by atoms with Gasteiger partial charge in [0, 0.05) is 25.5 Å². The molecule has 0 spiro atoms. The van der Waals surface area contributed by atoms with E-state index >= 15 is 0 Å². The van der Waals surface area contributed by atoms with Gasteiger partial charge < -0.3 is 14.5 Å². The third kappa shape index (κ3) is 4.40. The van der Waals surface area contributed by atoms with Crippen LogP contribution in [0.5, 0.6) is 0 Å². The monoisotopic (exact) mass is 437 g/mol. The molecule has 0 bridgehead atoms. The van der Waals surface area contributed by atoms with Crippen LogP contribution in [-0.4, -0.2) is 31.0 Å². The summed E-state index contributed by atoms with van der Waals surface area (Å²) in [4.78, 5) is 24.7. The molecular weight excluding hydrogens is 421 g/mol. The van der Waals surface area contributed by atoms with Crippen LogP contribution in [0.2, 0.25) is 10.0 Å². The van der Waals surface area contributed by atoms with Crippen molar-refractivity contribution in [3.05, 3.63) is 56.9 Å². The Kier molecular flexibility index (Phi) is 6.43. The normalized spacial score (nSPS) is 10.9. The molecule has 0 aliphatic rings. The van der Waals surface area contributed by atoms with Gasteiger partial charge in [0.05, 0.1) is 21.4 Å². The summed E-state index contributed by atoms with van der Waals surface area (Å²) in [6.45, 7) is 2.47. The van der Waals surface area contributed by atoms with Crippen LogP contribution < -0.4 is 10.9 Å². The molecule has 7 nitrogen and oxygen atoms in total. The largest absolute Gasteiger partial charge is 0.325 e. The number of nitrogens with one attached hydrogen (secondary N) is 1. The highest BCUT2D eigenvalue weighted by molar-refractivity contribution is 7.99. The predicted molar refractivity (Wildman–Crippen MR) is 112 cm³/mol. The lowest BCUT2D eigenvalue weighted by molar-refractivity contribution is -0.113. The fraction of sp³-hybridized carbons (Fsp3) is 0.222. The van der Waals surface area contributed by atoms with E-state index in [1.165, 1.54) is 11.8 Å². The zero-order valence-electron chi connectivity index (χ0n) is 15.1. The Morgan fingerprint density at radius 2 is 2.00 bits per heavy atom. The quantitative estimate of drug-likeness (QED) is 0.594. The molecule has 0 aliphatic heterocycles. The zero-order chi connectivity index (χ0) is 20.3. The number of halogens is 2. The Hall–Kier alpha value is -2.29. The van der Waals surface area contributed by atoms with Crippen LogP contribution in [0.4, 0.5) is 5.69 Å². The number of anilines is 1. The van der Waals surface area contributed by atoms with Crippen molar-refractivity contribution in [2.45, 2.75) is 18.6 Å². The number of benzene rings is 1. The average Bonchev–Trinajstić information content (AvgIpc) is 3.04. The molecule has 10 heteroatoms. The van der Waals surface area contributed by atoms with Crippen molar-refractivity contribution in [3.63, 3.8) is 0 Å². The molecular formula is C18H17Cl2N5O2S. The third-order valence-corrected chi connectivity index (χ3v) is 5.73. The van der Waals surface area contributed by atoms with Gasteiger partial charge in [-0.25, -0.2) is 0 Å². The minimum absolute atomic E-state index is 0.125. The summed E-state index contributed by atoms with van der Waals surface area (Å²) in [7, 11) is 1.76. The molecule has 0 unspecified atom stereocenters. The number of hydrogen-bond acceptors (Lipinski definition) is 5. The first-order valence-electron chi connectivity index (χ1n) is 8.37. The maximum absolute atomic E-state index is 12.5. The van der Waals surface area contributed by atoms with Crippen molar-refractivity contribution in [2.24, 2.45) is 7.05 Å². The number of hydrogen-bond donors (Lipinski definition) is 1. The molecule has 1 N–H and O–H groups in total. The van der Waals surface area contributed by atoms with E-state index in [0.29, 0.717) is 38.8 Å². The summed E-state index contributed by atoms with van der Waals surface area (Å²) in [5, 5.41) is 12.3. The highest BCUT2D eigenvalue weighted by Gasteiger charge is 2.16. The summed E-state index contributed by atoms with van der Waals surface area (Å²) in [5.74, 6) is 0.362. The molecule has 0 saturated carbocycles. The van der Waals surface area contributed by atoms with Crippen molar-refractivity contribution in [1.82, 2.24) is 19.3 Å². The van der Waals surface area contributed by atoms with Crippen LogP contribution >= 0.6 is 35.0 Å². The second kappa shape index (κ2) is 8.81. The van der Waals surface area contributed by atoms with Crippen molar-refractivity contribution >= 4 is 46.6 Å². The Morgan fingerprint density at radius 1 is 1.21 bits per heavy atom. The molecule has 2 aromatic heterocycles. The molecule has 0 fully saturated rings. The van der Waals surface area contributed by atoms with Crippen molar-refractivity contribution < 1.29 is 4.79 Å². The highest BCUT2D eigenvalue weighted by Crippen LogP contribution is 2.25. The number of aromatic nitrogens is 4. The second-order valence-electron chi connectivity index (χ2n) is 5.84. The number of pyridine rings is 1. The van der Waals surface area contributed by atoms with E-state index in [1.54, 1.807) is 52.7 Å². The zero-order valence-corrected chi connectivity index (χ0v) is 17.5. The molecule has 3 rings (SSSR count). The van der Waals surface area contributed by atoms with Crippen molar-refractivity contribution in [2.75, 3.05) is 11.1 Å². The van der Waals surface area contributed by atoms with Crippen LogP contribution in [0.15, 0.2) is 46.5 Å². The molecule has 1 aromatic carbocycles. The maximum Gasteiger partial charge on any atom is 0.261 e.